The first-order valence-corrected chi connectivity index (χ1v) is 12.5. The van der Waals surface area contributed by atoms with Gasteiger partial charge in [0.2, 0.25) is 11.8 Å². The molecule has 2 amide bonds. The van der Waals surface area contributed by atoms with Crippen molar-refractivity contribution in [3.63, 3.8) is 0 Å². The molecule has 0 bridgehead atoms. The Balaban J connectivity index is 1.61. The Hall–Kier alpha value is -3.65. The van der Waals surface area contributed by atoms with Crippen molar-refractivity contribution in [3.8, 4) is 0 Å². The molecular formula is C26H27N3O4S. The number of carbonyl (C=O) groups is 2. The number of nitrogens with one attached hydrogen (secondary N) is 1. The van der Waals surface area contributed by atoms with Crippen LogP contribution >= 0.6 is 0 Å². The van der Waals surface area contributed by atoms with Gasteiger partial charge in [0, 0.05) is 24.3 Å². The molecule has 0 unspecified atom stereocenters. The van der Waals surface area contributed by atoms with Crippen LogP contribution in [0.15, 0.2) is 77.7 Å². The zero-order valence-electron chi connectivity index (χ0n) is 19.2. The van der Waals surface area contributed by atoms with Gasteiger partial charge in [0.25, 0.3) is 10.0 Å². The van der Waals surface area contributed by atoms with E-state index in [2.05, 4.69) is 5.32 Å². The maximum absolute atomic E-state index is 13.4. The van der Waals surface area contributed by atoms with E-state index in [1.165, 1.54) is 12.1 Å². The Bertz CT molecular complexity index is 1320. The summed E-state index contributed by atoms with van der Waals surface area (Å²) in [4.78, 5) is 27.1. The zero-order chi connectivity index (χ0) is 24.3. The highest BCUT2D eigenvalue weighted by atomic mass is 32.2. The van der Waals surface area contributed by atoms with Gasteiger partial charge >= 0.3 is 0 Å². The van der Waals surface area contributed by atoms with E-state index in [4.69, 9.17) is 0 Å². The molecule has 7 nitrogen and oxygen atoms in total. The second-order valence-corrected chi connectivity index (χ2v) is 10.2. The van der Waals surface area contributed by atoms with E-state index >= 15 is 0 Å². The highest BCUT2D eigenvalue weighted by Crippen LogP contribution is 2.29. The Morgan fingerprint density at radius 2 is 1.76 bits per heavy atom. The van der Waals surface area contributed by atoms with Gasteiger partial charge in [0.05, 0.1) is 10.6 Å². The molecule has 4 rings (SSSR count). The van der Waals surface area contributed by atoms with Crippen LogP contribution in [0.5, 0.6) is 0 Å². The van der Waals surface area contributed by atoms with Gasteiger partial charge in [-0.2, -0.15) is 0 Å². The lowest BCUT2D eigenvalue weighted by Gasteiger charge is -2.25. The van der Waals surface area contributed by atoms with Crippen LogP contribution in [0.3, 0.4) is 0 Å². The largest absolute Gasteiger partial charge is 0.324 e. The van der Waals surface area contributed by atoms with Crippen LogP contribution in [-0.2, 0) is 19.6 Å². The SMILES string of the molecule is Cc1cccc(N(CC(=O)Nc2ccc(C)c(N3CCCC3=O)c2)S(=O)(=O)c2ccccc2)c1. The van der Waals surface area contributed by atoms with Crippen molar-refractivity contribution in [1.82, 2.24) is 0 Å². The van der Waals surface area contributed by atoms with E-state index in [-0.39, 0.29) is 10.8 Å². The number of carbonyl (C=O) groups excluding carboxylic acids is 2. The van der Waals surface area contributed by atoms with Gasteiger partial charge in [-0.25, -0.2) is 8.42 Å². The van der Waals surface area contributed by atoms with Crippen LogP contribution in [0, 0.1) is 13.8 Å². The van der Waals surface area contributed by atoms with Crippen LogP contribution in [0.4, 0.5) is 17.1 Å². The standard InChI is InChI=1S/C26H27N3O4S/c1-19-8-6-9-22(16-19)29(34(32,33)23-10-4-3-5-11-23)18-25(30)27-21-14-13-20(2)24(17-21)28-15-7-12-26(28)31/h3-6,8-11,13-14,16-17H,7,12,15,18H2,1-2H3,(H,27,30). The number of nitrogens with zero attached hydrogens (tertiary/aromatic N) is 2. The van der Waals surface area contributed by atoms with E-state index < -0.39 is 22.5 Å². The third kappa shape index (κ3) is 4.97. The van der Waals surface area contributed by atoms with Crippen LogP contribution in [0.2, 0.25) is 0 Å². The predicted molar refractivity (Wildman–Crippen MR) is 134 cm³/mol. The number of anilines is 3. The summed E-state index contributed by atoms with van der Waals surface area (Å²) < 4.78 is 28.0. The monoisotopic (exact) mass is 477 g/mol. The fourth-order valence-electron chi connectivity index (χ4n) is 4.03. The summed E-state index contributed by atoms with van der Waals surface area (Å²) in [5, 5.41) is 2.80. The molecule has 34 heavy (non-hydrogen) atoms. The molecule has 0 spiro atoms. The lowest BCUT2D eigenvalue weighted by molar-refractivity contribution is -0.117. The van der Waals surface area contributed by atoms with Crippen LogP contribution < -0.4 is 14.5 Å². The van der Waals surface area contributed by atoms with Crippen molar-refractivity contribution in [3.05, 3.63) is 83.9 Å². The normalized spacial score (nSPS) is 13.7. The maximum atomic E-state index is 13.4. The Kier molecular flexibility index (Phi) is 6.70. The van der Waals surface area contributed by atoms with Crippen molar-refractivity contribution in [2.75, 3.05) is 27.6 Å². The second-order valence-electron chi connectivity index (χ2n) is 8.36. The first-order valence-electron chi connectivity index (χ1n) is 11.1. The fourth-order valence-corrected chi connectivity index (χ4v) is 5.46. The summed E-state index contributed by atoms with van der Waals surface area (Å²) in [7, 11) is -3.97. The number of rotatable bonds is 7. The van der Waals surface area contributed by atoms with Crippen LogP contribution in [-0.4, -0.2) is 33.3 Å². The number of hydrogen-bond acceptors (Lipinski definition) is 4. The highest BCUT2D eigenvalue weighted by Gasteiger charge is 2.28. The summed E-state index contributed by atoms with van der Waals surface area (Å²) in [6, 6.07) is 20.4. The molecule has 1 aliphatic heterocycles. The van der Waals surface area contributed by atoms with Gasteiger partial charge in [-0.15, -0.1) is 0 Å². The van der Waals surface area contributed by atoms with Crippen molar-refractivity contribution in [1.29, 1.82) is 0 Å². The van der Waals surface area contributed by atoms with Crippen LogP contribution in [0.1, 0.15) is 24.0 Å². The molecular weight excluding hydrogens is 450 g/mol. The quantitative estimate of drug-likeness (QED) is 0.551. The van der Waals surface area contributed by atoms with Gasteiger partial charge in [-0.3, -0.25) is 13.9 Å². The molecule has 1 aliphatic rings. The average molecular weight is 478 g/mol. The van der Waals surface area contributed by atoms with Crippen molar-refractivity contribution in [2.24, 2.45) is 0 Å². The van der Waals surface area contributed by atoms with Crippen LogP contribution in [0.25, 0.3) is 0 Å². The average Bonchev–Trinajstić information content (AvgIpc) is 3.25. The number of amides is 2. The minimum absolute atomic E-state index is 0.0613. The maximum Gasteiger partial charge on any atom is 0.264 e. The molecule has 0 atom stereocenters. The van der Waals surface area contributed by atoms with E-state index in [0.717, 1.165) is 27.5 Å². The summed E-state index contributed by atoms with van der Waals surface area (Å²) >= 11 is 0. The Morgan fingerprint density at radius 1 is 1.00 bits per heavy atom. The third-order valence-corrected chi connectivity index (χ3v) is 7.55. The first-order chi connectivity index (χ1) is 16.3. The predicted octanol–water partition coefficient (Wildman–Crippen LogP) is 4.26. The molecule has 8 heteroatoms. The molecule has 176 valence electrons. The molecule has 1 N–H and O–H groups in total. The summed E-state index contributed by atoms with van der Waals surface area (Å²) in [5.41, 5.74) is 3.48. The Labute approximate surface area is 200 Å². The fraction of sp³-hybridized carbons (Fsp3) is 0.231. The molecule has 3 aromatic carbocycles. The molecule has 0 radical (unpaired) electrons. The van der Waals surface area contributed by atoms with Gasteiger partial charge in [-0.05, 0) is 67.8 Å². The van der Waals surface area contributed by atoms with E-state index in [1.54, 1.807) is 53.4 Å². The van der Waals surface area contributed by atoms with Gasteiger partial charge in [0.1, 0.15) is 6.54 Å². The molecule has 3 aromatic rings. The molecule has 0 aliphatic carbocycles. The summed E-state index contributed by atoms with van der Waals surface area (Å²) in [6.07, 6.45) is 1.32. The van der Waals surface area contributed by atoms with Crippen molar-refractivity contribution < 1.29 is 18.0 Å². The van der Waals surface area contributed by atoms with E-state index in [0.29, 0.717) is 24.3 Å². The van der Waals surface area contributed by atoms with Crippen molar-refractivity contribution in [2.45, 2.75) is 31.6 Å². The number of aryl methyl sites for hydroxylation is 2. The minimum Gasteiger partial charge on any atom is -0.324 e. The molecule has 1 heterocycles. The van der Waals surface area contributed by atoms with Gasteiger partial charge in [-0.1, -0.05) is 36.4 Å². The lowest BCUT2D eigenvalue weighted by atomic mass is 10.1. The van der Waals surface area contributed by atoms with Gasteiger partial charge < -0.3 is 10.2 Å². The number of sulfonamides is 1. The summed E-state index contributed by atoms with van der Waals surface area (Å²) in [6.45, 7) is 4.03. The van der Waals surface area contributed by atoms with Crippen molar-refractivity contribution >= 4 is 38.9 Å². The topological polar surface area (TPSA) is 86.8 Å². The zero-order valence-corrected chi connectivity index (χ0v) is 20.0. The number of benzene rings is 3. The smallest absolute Gasteiger partial charge is 0.264 e. The van der Waals surface area contributed by atoms with Gasteiger partial charge in [0.15, 0.2) is 0 Å². The highest BCUT2D eigenvalue weighted by molar-refractivity contribution is 7.92. The molecule has 0 saturated carbocycles. The van der Waals surface area contributed by atoms with E-state index in [1.807, 2.05) is 26.0 Å². The molecule has 0 aromatic heterocycles. The third-order valence-electron chi connectivity index (χ3n) is 5.77. The molecule has 1 fully saturated rings. The first kappa shape index (κ1) is 23.5. The minimum atomic E-state index is -3.97. The lowest BCUT2D eigenvalue weighted by Crippen LogP contribution is -2.38. The number of hydrogen-bond donors (Lipinski definition) is 1. The second kappa shape index (κ2) is 9.69. The summed E-state index contributed by atoms with van der Waals surface area (Å²) in [5.74, 6) is -0.422. The molecule has 1 saturated heterocycles. The Morgan fingerprint density at radius 3 is 2.44 bits per heavy atom. The van der Waals surface area contributed by atoms with E-state index in [9.17, 15) is 18.0 Å².